The van der Waals surface area contributed by atoms with E-state index in [0.29, 0.717) is 17.8 Å². The number of rotatable bonds is 4. The maximum Gasteiger partial charge on any atom is 0.335 e. The summed E-state index contributed by atoms with van der Waals surface area (Å²) in [6.07, 6.45) is 3.35. The number of para-hydroxylation sites is 1. The van der Waals surface area contributed by atoms with Crippen molar-refractivity contribution in [3.05, 3.63) is 107 Å². The number of fused-ring (bicyclic) bond motifs is 1. The monoisotopic (exact) mass is 453 g/mol. The fourth-order valence-corrected chi connectivity index (χ4v) is 4.12. The molecule has 0 unspecified atom stereocenters. The van der Waals surface area contributed by atoms with Crippen LogP contribution in [0, 0.1) is 12.7 Å². The van der Waals surface area contributed by atoms with Crippen molar-refractivity contribution in [3.63, 3.8) is 0 Å². The van der Waals surface area contributed by atoms with Gasteiger partial charge < -0.3 is 4.57 Å². The molecule has 2 heterocycles. The number of benzene rings is 3. The van der Waals surface area contributed by atoms with Crippen molar-refractivity contribution in [2.45, 2.75) is 13.5 Å². The number of nitrogens with zero attached hydrogens (tertiary/aromatic N) is 2. The summed E-state index contributed by atoms with van der Waals surface area (Å²) in [5.41, 5.74) is 3.60. The number of carbonyl (C=O) groups is 3. The molecule has 0 bridgehead atoms. The number of imide groups is 2. The molecule has 0 spiro atoms. The lowest BCUT2D eigenvalue weighted by molar-refractivity contribution is -0.122. The molecule has 0 atom stereocenters. The number of urea groups is 1. The van der Waals surface area contributed by atoms with Crippen LogP contribution in [0.15, 0.2) is 84.6 Å². The number of anilines is 1. The molecule has 7 heteroatoms. The summed E-state index contributed by atoms with van der Waals surface area (Å²) in [7, 11) is 0. The molecule has 3 aromatic carbocycles. The number of carbonyl (C=O) groups excluding carboxylic acids is 3. The summed E-state index contributed by atoms with van der Waals surface area (Å²) in [5, 5.41) is 3.11. The van der Waals surface area contributed by atoms with E-state index in [4.69, 9.17) is 0 Å². The molecular formula is C27H20FN3O3. The third-order valence-corrected chi connectivity index (χ3v) is 5.75. The minimum atomic E-state index is -0.781. The first-order valence-electron chi connectivity index (χ1n) is 10.7. The molecule has 1 saturated heterocycles. The highest BCUT2D eigenvalue weighted by atomic mass is 19.1. The average molecular weight is 453 g/mol. The van der Waals surface area contributed by atoms with Crippen LogP contribution >= 0.6 is 0 Å². The van der Waals surface area contributed by atoms with Crippen molar-refractivity contribution in [3.8, 4) is 0 Å². The number of halogens is 1. The SMILES string of the molecule is Cc1cccc(N2C(=O)NC(=O)/C(=C\c3cn(Cc4ccc(F)cc4)c4ccccc34)C2=O)c1. The number of hydrogen-bond donors (Lipinski definition) is 1. The van der Waals surface area contributed by atoms with E-state index in [0.717, 1.165) is 26.9 Å². The summed E-state index contributed by atoms with van der Waals surface area (Å²) in [4.78, 5) is 39.4. The van der Waals surface area contributed by atoms with Gasteiger partial charge in [-0.1, -0.05) is 42.5 Å². The Bertz CT molecular complexity index is 1480. The third kappa shape index (κ3) is 3.88. The second kappa shape index (κ2) is 8.44. The normalized spacial score (nSPS) is 15.3. The summed E-state index contributed by atoms with van der Waals surface area (Å²) >= 11 is 0. The second-order valence-electron chi connectivity index (χ2n) is 8.15. The molecule has 1 fully saturated rings. The van der Waals surface area contributed by atoms with Gasteiger partial charge in [0.1, 0.15) is 11.4 Å². The predicted molar refractivity (Wildman–Crippen MR) is 128 cm³/mol. The van der Waals surface area contributed by atoms with E-state index in [-0.39, 0.29) is 11.4 Å². The molecule has 6 nitrogen and oxygen atoms in total. The molecule has 1 aliphatic heterocycles. The van der Waals surface area contributed by atoms with Gasteiger partial charge in [0.05, 0.1) is 5.69 Å². The number of aryl methyl sites for hydroxylation is 1. The van der Waals surface area contributed by atoms with Crippen molar-refractivity contribution < 1.29 is 18.8 Å². The maximum absolute atomic E-state index is 13.3. The van der Waals surface area contributed by atoms with Crippen molar-refractivity contribution in [1.82, 2.24) is 9.88 Å². The van der Waals surface area contributed by atoms with Crippen molar-refractivity contribution in [2.75, 3.05) is 4.90 Å². The zero-order chi connectivity index (χ0) is 23.8. The minimum absolute atomic E-state index is 0.134. The zero-order valence-corrected chi connectivity index (χ0v) is 18.3. The topological polar surface area (TPSA) is 71.4 Å². The molecule has 5 rings (SSSR count). The van der Waals surface area contributed by atoms with E-state index in [2.05, 4.69) is 5.32 Å². The van der Waals surface area contributed by atoms with Crippen molar-refractivity contribution in [1.29, 1.82) is 0 Å². The van der Waals surface area contributed by atoms with Crippen LogP contribution in [0.5, 0.6) is 0 Å². The van der Waals surface area contributed by atoms with E-state index in [1.54, 1.807) is 30.3 Å². The Morgan fingerprint density at radius 2 is 1.71 bits per heavy atom. The van der Waals surface area contributed by atoms with E-state index < -0.39 is 17.8 Å². The summed E-state index contributed by atoms with van der Waals surface area (Å²) in [6.45, 7) is 2.34. The van der Waals surface area contributed by atoms with Crippen LogP contribution in [0.2, 0.25) is 0 Å². The number of amides is 4. The van der Waals surface area contributed by atoms with Gasteiger partial charge in [-0.25, -0.2) is 14.1 Å². The summed E-state index contributed by atoms with van der Waals surface area (Å²) < 4.78 is 15.3. The minimum Gasteiger partial charge on any atom is -0.342 e. The molecule has 4 amide bonds. The van der Waals surface area contributed by atoms with Gasteiger partial charge in [-0.3, -0.25) is 14.9 Å². The molecule has 1 aliphatic rings. The Hall–Kier alpha value is -4.52. The van der Waals surface area contributed by atoms with E-state index in [1.807, 2.05) is 48.0 Å². The molecule has 168 valence electrons. The molecule has 0 saturated carbocycles. The Morgan fingerprint density at radius 3 is 2.47 bits per heavy atom. The van der Waals surface area contributed by atoms with Crippen LogP contribution in [0.4, 0.5) is 14.9 Å². The second-order valence-corrected chi connectivity index (χ2v) is 8.15. The fourth-order valence-electron chi connectivity index (χ4n) is 4.12. The van der Waals surface area contributed by atoms with Crippen LogP contribution in [0.1, 0.15) is 16.7 Å². The fraction of sp³-hybridized carbons (Fsp3) is 0.0741. The highest BCUT2D eigenvalue weighted by molar-refractivity contribution is 6.39. The Labute approximate surface area is 194 Å². The predicted octanol–water partition coefficient (Wildman–Crippen LogP) is 4.80. The van der Waals surface area contributed by atoms with E-state index in [1.165, 1.54) is 18.2 Å². The lowest BCUT2D eigenvalue weighted by atomic mass is 10.1. The van der Waals surface area contributed by atoms with Crippen molar-refractivity contribution in [2.24, 2.45) is 0 Å². The quantitative estimate of drug-likeness (QED) is 0.356. The first kappa shape index (κ1) is 21.3. The highest BCUT2D eigenvalue weighted by Crippen LogP contribution is 2.27. The number of hydrogen-bond acceptors (Lipinski definition) is 3. The van der Waals surface area contributed by atoms with Crippen molar-refractivity contribution >= 4 is 40.5 Å². The molecule has 4 aromatic rings. The van der Waals surface area contributed by atoms with Crippen LogP contribution in [0.3, 0.4) is 0 Å². The van der Waals surface area contributed by atoms with Gasteiger partial charge in [0.15, 0.2) is 0 Å². The van der Waals surface area contributed by atoms with Gasteiger partial charge in [-0.05, 0) is 54.5 Å². The van der Waals surface area contributed by atoms with E-state index >= 15 is 0 Å². The lowest BCUT2D eigenvalue weighted by Crippen LogP contribution is -2.54. The number of aromatic nitrogens is 1. The molecular weight excluding hydrogens is 433 g/mol. The van der Waals surface area contributed by atoms with Gasteiger partial charge in [-0.2, -0.15) is 0 Å². The van der Waals surface area contributed by atoms with Crippen LogP contribution < -0.4 is 10.2 Å². The molecule has 0 aliphatic carbocycles. The van der Waals surface area contributed by atoms with Gasteiger partial charge in [0.2, 0.25) is 0 Å². The largest absolute Gasteiger partial charge is 0.342 e. The summed E-state index contributed by atoms with van der Waals surface area (Å²) in [6, 6.07) is 20.0. The number of barbiturate groups is 1. The Balaban J connectivity index is 1.56. The molecule has 0 radical (unpaired) electrons. The van der Waals surface area contributed by atoms with Gasteiger partial charge >= 0.3 is 6.03 Å². The first-order valence-corrected chi connectivity index (χ1v) is 10.7. The average Bonchev–Trinajstić information content (AvgIpc) is 3.15. The van der Waals surface area contributed by atoms with E-state index in [9.17, 15) is 18.8 Å². The maximum atomic E-state index is 13.3. The van der Waals surface area contributed by atoms with Gasteiger partial charge in [0.25, 0.3) is 11.8 Å². The highest BCUT2D eigenvalue weighted by Gasteiger charge is 2.37. The first-order chi connectivity index (χ1) is 16.4. The molecule has 34 heavy (non-hydrogen) atoms. The van der Waals surface area contributed by atoms with Gasteiger partial charge in [-0.15, -0.1) is 0 Å². The molecule has 1 N–H and O–H groups in total. The summed E-state index contributed by atoms with van der Waals surface area (Å²) in [5.74, 6) is -1.73. The standard InChI is InChI=1S/C27H20FN3O3/c1-17-5-4-6-21(13-17)31-26(33)23(25(32)29-27(31)34)14-19-16-30(24-8-3-2-7-22(19)24)15-18-9-11-20(28)12-10-18/h2-14,16H,15H2,1H3,(H,29,32,34)/b23-14+. The van der Waals surface area contributed by atoms with Crippen LogP contribution in [-0.4, -0.2) is 22.4 Å². The van der Waals surface area contributed by atoms with Crippen LogP contribution in [-0.2, 0) is 16.1 Å². The smallest absolute Gasteiger partial charge is 0.335 e. The van der Waals surface area contributed by atoms with Gasteiger partial charge in [0, 0.05) is 29.2 Å². The Morgan fingerprint density at radius 1 is 0.941 bits per heavy atom. The molecule has 1 aromatic heterocycles. The zero-order valence-electron chi connectivity index (χ0n) is 18.3. The number of nitrogens with one attached hydrogen (secondary N) is 1. The lowest BCUT2D eigenvalue weighted by Gasteiger charge is -2.26. The van der Waals surface area contributed by atoms with Crippen LogP contribution in [0.25, 0.3) is 17.0 Å². The Kier molecular flexibility index (Phi) is 5.30. The third-order valence-electron chi connectivity index (χ3n) is 5.75.